The van der Waals surface area contributed by atoms with E-state index in [-0.39, 0.29) is 23.6 Å². The zero-order valence-corrected chi connectivity index (χ0v) is 20.1. The van der Waals surface area contributed by atoms with E-state index in [1.807, 2.05) is 21.2 Å². The van der Waals surface area contributed by atoms with E-state index in [1.54, 1.807) is 7.11 Å². The largest absolute Gasteiger partial charge is 0.383 e. The molecule has 1 aromatic carbocycles. The maximum Gasteiger partial charge on any atom is 0.346 e. The van der Waals surface area contributed by atoms with E-state index in [2.05, 4.69) is 38.1 Å². The van der Waals surface area contributed by atoms with E-state index in [4.69, 9.17) is 9.84 Å². The van der Waals surface area contributed by atoms with Gasteiger partial charge in [0.15, 0.2) is 0 Å². The van der Waals surface area contributed by atoms with Gasteiger partial charge in [-0.2, -0.15) is 5.10 Å². The Morgan fingerprint density at radius 2 is 1.97 bits per heavy atom. The minimum atomic E-state index is -0.0395. The first-order valence-corrected chi connectivity index (χ1v) is 12.6. The zero-order valence-electron chi connectivity index (χ0n) is 19.3. The summed E-state index contributed by atoms with van der Waals surface area (Å²) in [5.41, 5.74) is 1.01. The highest BCUT2D eigenvalue weighted by Crippen LogP contribution is 2.37. The summed E-state index contributed by atoms with van der Waals surface area (Å²) in [5, 5.41) is 5.23. The second-order valence-electron chi connectivity index (χ2n) is 9.12. The van der Waals surface area contributed by atoms with Gasteiger partial charge in [0.1, 0.15) is 5.82 Å². The lowest BCUT2D eigenvalue weighted by molar-refractivity contribution is -0.131. The Hall–Kier alpha value is -2.06. The molecule has 2 aliphatic rings. The third-order valence-electron chi connectivity index (χ3n) is 6.11. The van der Waals surface area contributed by atoms with Crippen molar-refractivity contribution >= 4 is 17.7 Å². The number of thioether (sulfide) groups is 1. The summed E-state index contributed by atoms with van der Waals surface area (Å²) in [6, 6.07) is 8.60. The molecule has 0 spiro atoms. The van der Waals surface area contributed by atoms with E-state index in [0.717, 1.165) is 43.6 Å². The minimum Gasteiger partial charge on any atom is -0.383 e. The van der Waals surface area contributed by atoms with Crippen LogP contribution in [0.1, 0.15) is 62.9 Å². The Morgan fingerprint density at radius 1 is 1.22 bits per heavy atom. The fourth-order valence-corrected chi connectivity index (χ4v) is 5.21. The van der Waals surface area contributed by atoms with E-state index >= 15 is 0 Å². The van der Waals surface area contributed by atoms with Gasteiger partial charge in [-0.3, -0.25) is 9.36 Å². The van der Waals surface area contributed by atoms with Crippen LogP contribution in [0.3, 0.4) is 0 Å². The average molecular weight is 459 g/mol. The van der Waals surface area contributed by atoms with E-state index in [9.17, 15) is 9.59 Å². The second-order valence-corrected chi connectivity index (χ2v) is 10.8. The highest BCUT2D eigenvalue weighted by Gasteiger charge is 2.35. The third-order valence-corrected chi connectivity index (χ3v) is 7.12. The lowest BCUT2D eigenvalue weighted by Crippen LogP contribution is -2.40. The van der Waals surface area contributed by atoms with Crippen LogP contribution in [-0.4, -0.2) is 57.2 Å². The average Bonchev–Trinajstić information content (AvgIpc) is 3.56. The van der Waals surface area contributed by atoms with Gasteiger partial charge in [0.05, 0.1) is 19.6 Å². The predicted molar refractivity (Wildman–Crippen MR) is 126 cm³/mol. The number of carbonyl (C=O) groups excluding carboxylic acids is 1. The molecule has 1 amide bonds. The highest BCUT2D eigenvalue weighted by molar-refractivity contribution is 7.99. The van der Waals surface area contributed by atoms with Gasteiger partial charge < -0.3 is 9.64 Å². The first kappa shape index (κ1) is 23.1. The van der Waals surface area contributed by atoms with Gasteiger partial charge >= 0.3 is 5.69 Å². The number of hydrogen-bond acceptors (Lipinski definition) is 5. The van der Waals surface area contributed by atoms with Gasteiger partial charge in [0.25, 0.3) is 0 Å². The molecule has 1 aromatic heterocycles. The summed E-state index contributed by atoms with van der Waals surface area (Å²) >= 11 is 1.83. The topological polar surface area (TPSA) is 69.4 Å². The summed E-state index contributed by atoms with van der Waals surface area (Å²) in [7, 11) is 1.63. The quantitative estimate of drug-likeness (QED) is 0.538. The number of aromatic nitrogens is 3. The van der Waals surface area contributed by atoms with Crippen molar-refractivity contribution < 1.29 is 9.53 Å². The van der Waals surface area contributed by atoms with Crippen LogP contribution in [0, 0.1) is 0 Å². The van der Waals surface area contributed by atoms with Crippen LogP contribution < -0.4 is 5.69 Å². The third kappa shape index (κ3) is 5.46. The van der Waals surface area contributed by atoms with E-state index in [0.29, 0.717) is 31.4 Å². The molecule has 1 atom stereocenters. The first-order chi connectivity index (χ1) is 15.5. The van der Waals surface area contributed by atoms with Gasteiger partial charge in [-0.25, -0.2) is 9.48 Å². The number of amides is 1. The first-order valence-electron chi connectivity index (χ1n) is 11.7. The van der Waals surface area contributed by atoms with Gasteiger partial charge in [0, 0.05) is 42.3 Å². The maximum absolute atomic E-state index is 13.1. The molecule has 4 rings (SSSR count). The molecule has 0 N–H and O–H groups in total. The number of benzene rings is 1. The number of carbonyl (C=O) groups is 1. The van der Waals surface area contributed by atoms with Crippen LogP contribution >= 0.6 is 11.8 Å². The molecule has 2 heterocycles. The van der Waals surface area contributed by atoms with Gasteiger partial charge in [-0.05, 0) is 43.4 Å². The number of rotatable bonds is 9. The molecular weight excluding hydrogens is 424 g/mol. The molecule has 32 heavy (non-hydrogen) atoms. The predicted octanol–water partition coefficient (Wildman–Crippen LogP) is 3.48. The summed E-state index contributed by atoms with van der Waals surface area (Å²) in [6.45, 7) is 6.69. The molecule has 2 fully saturated rings. The Kier molecular flexibility index (Phi) is 7.40. The van der Waals surface area contributed by atoms with Crippen LogP contribution in [0.15, 0.2) is 34.0 Å². The van der Waals surface area contributed by atoms with Crippen LogP contribution in [0.2, 0.25) is 0 Å². The standard InChI is InChI=1S/C24H34N4O3S/c1-17(2)32-21-10-6-18(7-11-21)15-22(29)26-12-4-5-19(16-26)23-25-27(13-14-31-3)24(30)28(23)20-8-9-20/h6-7,10-11,17,19-20H,4-5,8-9,12-16H2,1-3H3. The molecule has 1 aliphatic heterocycles. The summed E-state index contributed by atoms with van der Waals surface area (Å²) in [6.07, 6.45) is 4.37. The van der Waals surface area contributed by atoms with Crippen LogP contribution in [0.5, 0.6) is 0 Å². The molecule has 1 unspecified atom stereocenters. The molecule has 2 aromatic rings. The van der Waals surface area contributed by atoms with Crippen molar-refractivity contribution in [3.05, 3.63) is 46.1 Å². The van der Waals surface area contributed by atoms with Crippen LogP contribution in [0.25, 0.3) is 0 Å². The molecule has 174 valence electrons. The van der Waals surface area contributed by atoms with Crippen molar-refractivity contribution in [2.24, 2.45) is 0 Å². The molecular formula is C24H34N4O3S. The number of piperidine rings is 1. The number of likely N-dealkylation sites (tertiary alicyclic amines) is 1. The summed E-state index contributed by atoms with van der Waals surface area (Å²) in [4.78, 5) is 29.1. The molecule has 0 radical (unpaired) electrons. The van der Waals surface area contributed by atoms with Crippen molar-refractivity contribution in [1.29, 1.82) is 0 Å². The fourth-order valence-electron chi connectivity index (χ4n) is 4.37. The zero-order chi connectivity index (χ0) is 22.7. The van der Waals surface area contributed by atoms with Crippen molar-refractivity contribution in [3.8, 4) is 0 Å². The van der Waals surface area contributed by atoms with Crippen LogP contribution in [0.4, 0.5) is 0 Å². The van der Waals surface area contributed by atoms with Crippen molar-refractivity contribution in [2.45, 2.75) is 74.6 Å². The lowest BCUT2D eigenvalue weighted by Gasteiger charge is -2.32. The summed E-state index contributed by atoms with van der Waals surface area (Å²) in [5.74, 6) is 1.11. The SMILES string of the molecule is COCCn1nc(C2CCCN(C(=O)Cc3ccc(SC(C)C)cc3)C2)n(C2CC2)c1=O. The Morgan fingerprint density at radius 3 is 2.62 bits per heavy atom. The van der Waals surface area contributed by atoms with E-state index < -0.39 is 0 Å². The Bertz CT molecular complexity index is 978. The molecule has 8 heteroatoms. The molecule has 7 nitrogen and oxygen atoms in total. The Balaban J connectivity index is 1.44. The minimum absolute atomic E-state index is 0.0395. The maximum atomic E-state index is 13.1. The van der Waals surface area contributed by atoms with Crippen molar-refractivity contribution in [3.63, 3.8) is 0 Å². The highest BCUT2D eigenvalue weighted by atomic mass is 32.2. The summed E-state index contributed by atoms with van der Waals surface area (Å²) < 4.78 is 8.56. The van der Waals surface area contributed by atoms with Crippen molar-refractivity contribution in [1.82, 2.24) is 19.2 Å². The van der Waals surface area contributed by atoms with Crippen LogP contribution in [-0.2, 0) is 22.5 Å². The Labute approximate surface area is 194 Å². The lowest BCUT2D eigenvalue weighted by atomic mass is 9.96. The molecule has 1 saturated heterocycles. The van der Waals surface area contributed by atoms with E-state index in [1.165, 1.54) is 9.58 Å². The molecule has 0 bridgehead atoms. The number of methoxy groups -OCH3 is 1. The normalized spacial score (nSPS) is 19.0. The molecule has 1 aliphatic carbocycles. The van der Waals surface area contributed by atoms with Gasteiger partial charge in [-0.1, -0.05) is 26.0 Å². The fraction of sp³-hybridized carbons (Fsp3) is 0.625. The smallest absolute Gasteiger partial charge is 0.346 e. The second kappa shape index (κ2) is 10.3. The van der Waals surface area contributed by atoms with Gasteiger partial charge in [-0.15, -0.1) is 11.8 Å². The number of nitrogens with zero attached hydrogens (tertiary/aromatic N) is 4. The van der Waals surface area contributed by atoms with Gasteiger partial charge in [0.2, 0.25) is 5.91 Å². The molecule has 1 saturated carbocycles. The number of ether oxygens (including phenoxy) is 1. The van der Waals surface area contributed by atoms with Crippen molar-refractivity contribution in [2.75, 3.05) is 26.8 Å². The monoisotopic (exact) mass is 458 g/mol. The number of hydrogen-bond donors (Lipinski definition) is 0.